The monoisotopic (exact) mass is 282 g/mol. The second-order valence-electron chi connectivity index (χ2n) is 5.05. The molecule has 0 aliphatic heterocycles. The molecule has 1 heterocycles. The van der Waals surface area contributed by atoms with Crippen LogP contribution in [-0.2, 0) is 6.42 Å². The fourth-order valence-electron chi connectivity index (χ4n) is 1.85. The number of aromatic hydroxyl groups is 1. The molecule has 1 N–H and O–H groups in total. The summed E-state index contributed by atoms with van der Waals surface area (Å²) >= 11 is 0. The molecular weight excluding hydrogens is 264 g/mol. The summed E-state index contributed by atoms with van der Waals surface area (Å²) in [5.41, 5.74) is 2.95. The number of rotatable bonds is 5. The molecule has 0 fully saturated rings. The molecular formula is C18H18O3. The van der Waals surface area contributed by atoms with Gasteiger partial charge in [-0.05, 0) is 62.2 Å². The predicted molar refractivity (Wildman–Crippen MR) is 83.3 cm³/mol. The lowest BCUT2D eigenvalue weighted by molar-refractivity contribution is 0.102. The molecule has 108 valence electrons. The van der Waals surface area contributed by atoms with E-state index in [0.29, 0.717) is 5.56 Å². The minimum absolute atomic E-state index is 0.152. The smallest absolute Gasteiger partial charge is 0.221 e. The molecule has 0 bridgehead atoms. The van der Waals surface area contributed by atoms with Gasteiger partial charge >= 0.3 is 0 Å². The second-order valence-corrected chi connectivity index (χ2v) is 5.05. The van der Waals surface area contributed by atoms with Crippen LogP contribution in [0.5, 0.6) is 5.75 Å². The number of hydrogen-bond donors (Lipinski definition) is 1. The molecule has 0 atom stereocenters. The van der Waals surface area contributed by atoms with Crippen LogP contribution in [0.2, 0.25) is 0 Å². The number of furan rings is 1. The summed E-state index contributed by atoms with van der Waals surface area (Å²) in [6, 6.07) is 8.67. The van der Waals surface area contributed by atoms with E-state index in [1.165, 1.54) is 17.9 Å². The van der Waals surface area contributed by atoms with Crippen LogP contribution in [-0.4, -0.2) is 10.9 Å². The van der Waals surface area contributed by atoms with Crippen molar-refractivity contribution in [3.8, 4) is 5.75 Å². The minimum atomic E-state index is -0.228. The summed E-state index contributed by atoms with van der Waals surface area (Å²) < 4.78 is 5.03. The van der Waals surface area contributed by atoms with E-state index >= 15 is 0 Å². The highest BCUT2D eigenvalue weighted by atomic mass is 16.3. The molecule has 21 heavy (non-hydrogen) atoms. The average Bonchev–Trinajstić information content (AvgIpc) is 2.98. The van der Waals surface area contributed by atoms with Crippen LogP contribution in [0.3, 0.4) is 0 Å². The quantitative estimate of drug-likeness (QED) is 0.502. The van der Waals surface area contributed by atoms with Gasteiger partial charge in [-0.3, -0.25) is 4.79 Å². The van der Waals surface area contributed by atoms with Crippen LogP contribution in [0, 0.1) is 0 Å². The summed E-state index contributed by atoms with van der Waals surface area (Å²) in [5.74, 6) is 0.208. The minimum Gasteiger partial charge on any atom is -0.507 e. The van der Waals surface area contributed by atoms with Crippen LogP contribution >= 0.6 is 0 Å². The topological polar surface area (TPSA) is 50.4 Å². The SMILES string of the molecule is CC(C)=CCc1ccc(O)c(C=CC(=O)c2ccco2)c1. The number of allylic oxidation sites excluding steroid dienone is 3. The molecule has 0 aliphatic carbocycles. The Kier molecular flexibility index (Phi) is 4.77. The summed E-state index contributed by atoms with van der Waals surface area (Å²) in [7, 11) is 0. The van der Waals surface area contributed by atoms with Crippen molar-refractivity contribution in [3.05, 3.63) is 71.2 Å². The van der Waals surface area contributed by atoms with Gasteiger partial charge in [0.15, 0.2) is 5.76 Å². The number of phenols is 1. The van der Waals surface area contributed by atoms with Crippen molar-refractivity contribution in [2.24, 2.45) is 0 Å². The van der Waals surface area contributed by atoms with Gasteiger partial charge in [-0.2, -0.15) is 0 Å². The van der Waals surface area contributed by atoms with Crippen molar-refractivity contribution < 1.29 is 14.3 Å². The van der Waals surface area contributed by atoms with Crippen LogP contribution in [0.15, 0.2) is 58.7 Å². The van der Waals surface area contributed by atoms with Gasteiger partial charge in [0.1, 0.15) is 5.75 Å². The molecule has 1 aromatic carbocycles. The molecule has 0 spiro atoms. The molecule has 3 heteroatoms. The molecule has 0 saturated heterocycles. The number of hydrogen-bond acceptors (Lipinski definition) is 3. The highest BCUT2D eigenvalue weighted by Crippen LogP contribution is 2.21. The largest absolute Gasteiger partial charge is 0.507 e. The molecule has 0 saturated carbocycles. The highest BCUT2D eigenvalue weighted by Gasteiger charge is 2.05. The van der Waals surface area contributed by atoms with Crippen LogP contribution < -0.4 is 0 Å². The highest BCUT2D eigenvalue weighted by molar-refractivity contribution is 6.04. The number of benzene rings is 1. The Balaban J connectivity index is 2.17. The molecule has 2 rings (SSSR count). The molecule has 0 unspecified atom stereocenters. The lowest BCUT2D eigenvalue weighted by Crippen LogP contribution is -1.91. The first-order valence-corrected chi connectivity index (χ1v) is 6.77. The third-order valence-electron chi connectivity index (χ3n) is 3.02. The van der Waals surface area contributed by atoms with Gasteiger partial charge in [-0.25, -0.2) is 0 Å². The van der Waals surface area contributed by atoms with Crippen molar-refractivity contribution in [3.63, 3.8) is 0 Å². The molecule has 0 radical (unpaired) electrons. The summed E-state index contributed by atoms with van der Waals surface area (Å²) in [6.45, 7) is 4.09. The Morgan fingerprint density at radius 3 is 2.76 bits per heavy atom. The van der Waals surface area contributed by atoms with Crippen LogP contribution in [0.4, 0.5) is 0 Å². The van der Waals surface area contributed by atoms with E-state index in [1.807, 2.05) is 26.0 Å². The maximum absolute atomic E-state index is 11.8. The zero-order chi connectivity index (χ0) is 15.2. The molecule has 2 aromatic rings. The molecule has 3 nitrogen and oxygen atoms in total. The lowest BCUT2D eigenvalue weighted by atomic mass is 10.0. The normalized spacial score (nSPS) is 10.8. The first-order valence-electron chi connectivity index (χ1n) is 6.77. The fourth-order valence-corrected chi connectivity index (χ4v) is 1.85. The van der Waals surface area contributed by atoms with Crippen LogP contribution in [0.25, 0.3) is 6.08 Å². The maximum Gasteiger partial charge on any atom is 0.221 e. The summed E-state index contributed by atoms with van der Waals surface area (Å²) in [4.78, 5) is 11.8. The zero-order valence-electron chi connectivity index (χ0n) is 12.2. The van der Waals surface area contributed by atoms with E-state index < -0.39 is 0 Å². The Morgan fingerprint density at radius 2 is 2.10 bits per heavy atom. The summed E-state index contributed by atoms with van der Waals surface area (Å²) in [5, 5.41) is 9.85. The number of ketones is 1. The van der Waals surface area contributed by atoms with E-state index in [1.54, 1.807) is 24.3 Å². The molecule has 0 aliphatic rings. The van der Waals surface area contributed by atoms with Gasteiger partial charge in [0, 0.05) is 5.56 Å². The zero-order valence-corrected chi connectivity index (χ0v) is 12.2. The van der Waals surface area contributed by atoms with E-state index in [-0.39, 0.29) is 17.3 Å². The van der Waals surface area contributed by atoms with E-state index in [9.17, 15) is 9.90 Å². The molecule has 0 amide bonds. The Labute approximate surface area is 124 Å². The van der Waals surface area contributed by atoms with Gasteiger partial charge < -0.3 is 9.52 Å². The summed E-state index contributed by atoms with van der Waals surface area (Å²) in [6.07, 6.45) is 7.38. The second kappa shape index (κ2) is 6.75. The van der Waals surface area contributed by atoms with Crippen molar-refractivity contribution in [1.82, 2.24) is 0 Å². The van der Waals surface area contributed by atoms with Gasteiger partial charge in [-0.1, -0.05) is 17.7 Å². The first-order chi connectivity index (χ1) is 10.1. The van der Waals surface area contributed by atoms with Crippen molar-refractivity contribution in [2.45, 2.75) is 20.3 Å². The average molecular weight is 282 g/mol. The van der Waals surface area contributed by atoms with Gasteiger partial charge in [0.2, 0.25) is 5.78 Å². The van der Waals surface area contributed by atoms with Gasteiger partial charge in [0.05, 0.1) is 6.26 Å². The van der Waals surface area contributed by atoms with E-state index in [0.717, 1.165) is 12.0 Å². The van der Waals surface area contributed by atoms with E-state index in [4.69, 9.17) is 4.42 Å². The Morgan fingerprint density at radius 1 is 1.29 bits per heavy atom. The van der Waals surface area contributed by atoms with Crippen molar-refractivity contribution in [1.29, 1.82) is 0 Å². The number of carbonyl (C=O) groups is 1. The maximum atomic E-state index is 11.8. The standard InChI is InChI=1S/C18H18O3/c1-13(2)5-6-14-7-9-16(19)15(12-14)8-10-17(20)18-4-3-11-21-18/h3-5,7-12,19H,6H2,1-2H3. The molecule has 1 aromatic heterocycles. The lowest BCUT2D eigenvalue weighted by Gasteiger charge is -2.03. The number of carbonyl (C=O) groups excluding carboxylic acids is 1. The number of phenolic OH excluding ortho intramolecular Hbond substituents is 1. The van der Waals surface area contributed by atoms with Crippen molar-refractivity contribution in [2.75, 3.05) is 0 Å². The Hall–Kier alpha value is -2.55. The van der Waals surface area contributed by atoms with E-state index in [2.05, 4.69) is 6.08 Å². The Bertz CT molecular complexity index is 672. The van der Waals surface area contributed by atoms with Crippen molar-refractivity contribution >= 4 is 11.9 Å². The third kappa shape index (κ3) is 4.21. The third-order valence-corrected chi connectivity index (χ3v) is 3.02. The van der Waals surface area contributed by atoms with Crippen LogP contribution in [0.1, 0.15) is 35.5 Å². The first kappa shape index (κ1) is 14.9. The van der Waals surface area contributed by atoms with Gasteiger partial charge in [-0.15, -0.1) is 0 Å². The van der Waals surface area contributed by atoms with Gasteiger partial charge in [0.25, 0.3) is 0 Å². The fraction of sp³-hybridized carbons (Fsp3) is 0.167. The predicted octanol–water partition coefficient (Wildman–Crippen LogP) is 4.39.